The Bertz CT molecular complexity index is 5320. The van der Waals surface area contributed by atoms with E-state index in [9.17, 15) is 72.1 Å². The molecule has 0 aliphatic carbocycles. The van der Waals surface area contributed by atoms with Gasteiger partial charge in [0.2, 0.25) is 6.29 Å². The number of esters is 3. The Morgan fingerprint density at radius 1 is 0.459 bits per heavy atom. The molecule has 10 heterocycles. The van der Waals surface area contributed by atoms with Crippen molar-refractivity contribution in [2.45, 2.75) is 235 Å². The maximum atomic E-state index is 13.6. The molecule has 0 radical (unpaired) electrons. The van der Waals surface area contributed by atoms with Gasteiger partial charge in [-0.1, -0.05) is 212 Å². The number of ether oxygens (including phenoxy) is 9. The summed E-state index contributed by atoms with van der Waals surface area (Å²) >= 11 is 67.9. The van der Waals surface area contributed by atoms with Crippen LogP contribution >= 0.6 is 142 Å². The molecule has 9 N–H and O–H groups in total. The van der Waals surface area contributed by atoms with E-state index in [1.807, 2.05) is 57.6 Å². The van der Waals surface area contributed by atoms with Gasteiger partial charge in [0.05, 0.1) is 49.3 Å². The van der Waals surface area contributed by atoms with E-state index in [0.29, 0.717) is 11.3 Å². The molecule has 3 aromatic carbocycles. The third kappa shape index (κ3) is 31.0. The molecule has 19 atom stereocenters. The van der Waals surface area contributed by atoms with Crippen molar-refractivity contribution < 1.29 is 95.0 Å². The first-order valence-electron chi connectivity index (χ1n) is 41.4. The minimum atomic E-state index is -4.27. The second-order valence-electron chi connectivity index (χ2n) is 31.1. The van der Waals surface area contributed by atoms with Crippen LogP contribution in [0.15, 0.2) is 178 Å². The molecule has 38 nitrogen and oxygen atoms in total. The first kappa shape index (κ1) is 114. The van der Waals surface area contributed by atoms with Crippen molar-refractivity contribution >= 4 is 160 Å². The monoisotopic (exact) mass is 2120 g/mol. The number of alkyl halides is 10. The summed E-state index contributed by atoms with van der Waals surface area (Å²) in [5, 5.41) is 34.4. The number of nitrogens with one attached hydrogen (secondary N) is 6. The van der Waals surface area contributed by atoms with Gasteiger partial charge in [0.1, 0.15) is 48.0 Å². The predicted octanol–water partition coefficient (Wildman–Crippen LogP) is 12.3. The van der Waals surface area contributed by atoms with Crippen LogP contribution in [-0.2, 0) is 65.9 Å². The average molecular weight is 2130 g/mol. The maximum Gasteiger partial charge on any atom is 0.459 e. The van der Waals surface area contributed by atoms with Crippen LogP contribution in [0.3, 0.4) is 0 Å². The first-order valence-corrected chi connectivity index (χ1v) is 49.3. The standard InChI is InChI=1S/C21H26Cl2N3O9P.C14H16Cl2O3.C12H17ClNO4P.2C11H14Cl2N2O3.C9H10Cl2N2O5.C4H8O/c1-12(2)33-18(29)13(3)25-36(31,35-14-7-5-4-6-8-14)32-11-15-17(28)21(22,23)19(34-15)26-10-9-16(27)24-20(26)30;1-3-11-9(2)14(15,16)13(18-11)19-12(17)10-7-5-4-6-8-10;1-9(2)17-12(15)10(3)14-19(13,16)18-11-7-5-4-6-8-11;2*1-3-7-6(2)11(12,13)9(18-7)15-5-4-8(16)14-10(15)17;10-9(11)6(16)4(3-14)18-7(9)13-2-1-5(15)12-8(13)17;1-2-4-5-3-1/h4-10,12-13,15,17,19,28H,11H2,1-3H3,(H,25,31)(H,24,27,30);4-9,11,13H,3H2,1-2H3;4-10H,1-3H3,(H,14,16);2*4-7,9H,3H2,1-2H3,(H,14,16,17);1-2,4,6-7,14,16H,3H2,(H,12,15,17);1-4H2/t13-,15+,17-,19+,36?;9-,11+,13?;10-,19?;6-,7+,9+;6-,7+,9-;4-,6+,7-;/m000001./s1. The quantitative estimate of drug-likeness (QED) is 0.0111. The Balaban J connectivity index is 0.000000220. The van der Waals surface area contributed by atoms with Crippen LogP contribution in [-0.4, -0.2) is 193 Å². The molecule has 738 valence electrons. The summed E-state index contributed by atoms with van der Waals surface area (Å²) in [4.78, 5) is 136. The lowest BCUT2D eigenvalue weighted by Crippen LogP contribution is -2.41. The number of aliphatic hydroxyl groups is 3. The van der Waals surface area contributed by atoms with Crippen molar-refractivity contribution in [1.82, 2.24) is 48.4 Å². The average Bonchev–Trinajstić information content (AvgIpc) is 1.63. The van der Waals surface area contributed by atoms with Crippen LogP contribution in [0.25, 0.3) is 0 Å². The Morgan fingerprint density at radius 3 is 1.11 bits per heavy atom. The summed E-state index contributed by atoms with van der Waals surface area (Å²) in [6.45, 7) is 18.5. The molecule has 133 heavy (non-hydrogen) atoms. The molecule has 7 aromatic rings. The fourth-order valence-corrected chi connectivity index (χ4v) is 19.2. The number of carbonyl (C=O) groups is 3. The number of hydrogen-bond donors (Lipinski definition) is 9. The Kier molecular flexibility index (Phi) is 43.0. The van der Waals surface area contributed by atoms with Crippen LogP contribution in [0.5, 0.6) is 11.5 Å². The maximum absolute atomic E-state index is 13.6. The number of aromatic amines is 4. The number of para-hydroxylation sites is 2. The number of rotatable bonds is 25. The van der Waals surface area contributed by atoms with E-state index in [1.54, 1.807) is 100 Å². The fourth-order valence-electron chi connectivity index (χ4n) is 13.2. The van der Waals surface area contributed by atoms with Crippen LogP contribution in [0.2, 0.25) is 0 Å². The number of benzene rings is 3. The zero-order valence-corrected chi connectivity index (χ0v) is 83.6. The van der Waals surface area contributed by atoms with Crippen molar-refractivity contribution in [3.63, 3.8) is 0 Å². The molecular formula is C82H105Cl11N10O28P2. The highest BCUT2D eigenvalue weighted by molar-refractivity contribution is 7.84. The molecule has 6 saturated heterocycles. The summed E-state index contributed by atoms with van der Waals surface area (Å²) in [5.41, 5.74) is -4.53. The summed E-state index contributed by atoms with van der Waals surface area (Å²) in [6.07, 6.45) is -1.70. The zero-order valence-electron chi connectivity index (χ0n) is 73.5. The first-order chi connectivity index (χ1) is 62.2. The molecule has 0 amide bonds. The van der Waals surface area contributed by atoms with E-state index in [1.165, 1.54) is 72.5 Å². The normalized spacial score (nSPS) is 26.1. The lowest BCUT2D eigenvalue weighted by Gasteiger charge is -2.25. The summed E-state index contributed by atoms with van der Waals surface area (Å²) in [5.74, 6) is -1.52. The fraction of sp³-hybridized carbons (Fsp3) is 0.549. The number of hydrogen-bond acceptors (Lipinski definition) is 28. The molecule has 0 saturated carbocycles. The highest BCUT2D eigenvalue weighted by Crippen LogP contribution is 2.55. The zero-order chi connectivity index (χ0) is 99.2. The molecule has 13 rings (SSSR count). The van der Waals surface area contributed by atoms with Gasteiger partial charge in [0.25, 0.3) is 22.2 Å². The van der Waals surface area contributed by atoms with Gasteiger partial charge in [0, 0.05) is 91.3 Å². The number of nitrogens with zero attached hydrogens (tertiary/aromatic N) is 4. The van der Waals surface area contributed by atoms with Crippen molar-refractivity contribution in [1.29, 1.82) is 0 Å². The van der Waals surface area contributed by atoms with Gasteiger partial charge in [-0.05, 0) is 110 Å². The lowest BCUT2D eigenvalue weighted by molar-refractivity contribution is -0.149. The van der Waals surface area contributed by atoms with E-state index in [-0.39, 0.29) is 47.9 Å². The molecule has 6 aliphatic heterocycles. The van der Waals surface area contributed by atoms with Crippen LogP contribution in [0.1, 0.15) is 150 Å². The number of aromatic nitrogens is 8. The van der Waals surface area contributed by atoms with E-state index in [2.05, 4.69) is 20.1 Å². The van der Waals surface area contributed by atoms with Gasteiger partial charge in [-0.2, -0.15) is 5.09 Å². The largest absolute Gasteiger partial charge is 0.462 e. The van der Waals surface area contributed by atoms with Crippen LogP contribution < -0.4 is 64.2 Å². The minimum absolute atomic E-state index is 0.102. The molecule has 0 bridgehead atoms. The van der Waals surface area contributed by atoms with Gasteiger partial charge < -0.3 is 67.0 Å². The van der Waals surface area contributed by atoms with Gasteiger partial charge in [-0.15, -0.1) is 0 Å². The van der Waals surface area contributed by atoms with Crippen LogP contribution in [0, 0.1) is 17.8 Å². The summed E-state index contributed by atoms with van der Waals surface area (Å²) < 4.78 is 86.8. The van der Waals surface area contributed by atoms with Gasteiger partial charge in [-0.25, -0.2) is 38.2 Å². The number of aliphatic hydroxyl groups excluding tert-OH is 3. The second-order valence-corrected chi connectivity index (χ2v) is 42.7. The van der Waals surface area contributed by atoms with Gasteiger partial charge in [-0.3, -0.25) is 71.5 Å². The van der Waals surface area contributed by atoms with Crippen molar-refractivity contribution in [3.05, 3.63) is 229 Å². The molecule has 51 heteroatoms. The third-order valence-electron chi connectivity index (χ3n) is 20.4. The molecule has 4 aromatic heterocycles. The van der Waals surface area contributed by atoms with Crippen molar-refractivity contribution in [2.75, 3.05) is 26.4 Å². The molecule has 6 fully saturated rings. The third-order valence-corrected chi connectivity index (χ3v) is 28.5. The summed E-state index contributed by atoms with van der Waals surface area (Å²) in [7, 11) is -4.27. The topological polar surface area (TPSA) is 500 Å². The number of carbonyl (C=O) groups excluding carboxylic acids is 3. The predicted molar refractivity (Wildman–Crippen MR) is 500 cm³/mol. The number of halogens is 11. The lowest BCUT2D eigenvalue weighted by atomic mass is 10.0. The summed E-state index contributed by atoms with van der Waals surface area (Å²) in [6, 6.07) is 27.9. The Morgan fingerprint density at radius 2 is 0.782 bits per heavy atom. The van der Waals surface area contributed by atoms with Crippen LogP contribution in [0.4, 0.5) is 0 Å². The number of H-pyrrole nitrogens is 4. The van der Waals surface area contributed by atoms with E-state index in [4.69, 9.17) is 189 Å². The Labute approximate surface area is 817 Å². The molecule has 0 spiro atoms. The SMILES string of the molecule is C1CCOC1.CC(C)OC(=O)[C@H](C)NP(=O)(Cl)Oc1ccccc1.CC(C)OC(=O)[C@H](C)NP(=O)(OC[C@H]1O[C@@H](n2ccc(=O)[nH]c2=O)C(Cl)(Cl)[C@H]1O)Oc1ccccc1.CC[C@H]1OC(OC(=O)c2ccccc2)C(Cl)(Cl)[C@H]1C.CC[C@H]1O[C@@H](n2ccc(=O)[nH]c2=O)C(Cl)(Cl)[C@H]1C.CC[C@H]1O[C@H](n2ccc(=O)[nH]c2=O)C(Cl)(Cl)[C@H]1C.O=c1ccn([C@@H]2O[C@H](CO)[C@H](O)C2(Cl)Cl)c(=O)[nH]1. The highest BCUT2D eigenvalue weighted by atomic mass is 35.7. The van der Waals surface area contributed by atoms with Crippen molar-refractivity contribution in [2.24, 2.45) is 17.8 Å². The molecule has 3 unspecified atom stereocenters. The minimum Gasteiger partial charge on any atom is -0.462 e. The van der Waals surface area contributed by atoms with Gasteiger partial charge >= 0.3 is 55.3 Å². The molecular weight excluding hydrogens is 2020 g/mol. The van der Waals surface area contributed by atoms with E-state index < -0.39 is 186 Å². The second kappa shape index (κ2) is 50.4. The van der Waals surface area contributed by atoms with Gasteiger partial charge in [0.15, 0.2) is 46.6 Å². The molecule has 6 aliphatic rings. The van der Waals surface area contributed by atoms with E-state index >= 15 is 0 Å². The Hall–Kier alpha value is -6.44. The smallest absolute Gasteiger partial charge is 0.459 e. The van der Waals surface area contributed by atoms with E-state index in [0.717, 1.165) is 66.1 Å². The highest BCUT2D eigenvalue weighted by Gasteiger charge is 2.59. The van der Waals surface area contributed by atoms with Crippen molar-refractivity contribution in [3.8, 4) is 11.5 Å².